The Balaban J connectivity index is 1.86. The van der Waals surface area contributed by atoms with Crippen molar-refractivity contribution in [3.05, 3.63) is 60.2 Å². The highest BCUT2D eigenvalue weighted by Gasteiger charge is 2.05. The number of hydrogen-bond donors (Lipinski definition) is 3. The molecule has 4 N–H and O–H groups in total. The van der Waals surface area contributed by atoms with Gasteiger partial charge in [-0.3, -0.25) is 10.0 Å². The minimum absolute atomic E-state index is 0.164. The maximum atomic E-state index is 11.6. The Labute approximate surface area is 128 Å². The van der Waals surface area contributed by atoms with Gasteiger partial charge in [-0.15, -0.1) is 0 Å². The largest absolute Gasteiger partial charge is 0.444 e. The average molecular weight is 321 g/mol. The first-order valence-corrected chi connectivity index (χ1v) is 7.85. The monoisotopic (exact) mass is 321 g/mol. The van der Waals surface area contributed by atoms with Crippen LogP contribution in [0.25, 0.3) is 0 Å². The third-order valence-electron chi connectivity index (χ3n) is 2.60. The highest BCUT2D eigenvalue weighted by Crippen LogP contribution is 2.14. The van der Waals surface area contributed by atoms with Gasteiger partial charge in [0.15, 0.2) is 0 Å². The molecule has 1 amide bonds. The lowest BCUT2D eigenvalue weighted by atomic mass is 10.2. The van der Waals surface area contributed by atoms with E-state index in [1.54, 1.807) is 0 Å². The van der Waals surface area contributed by atoms with Crippen molar-refractivity contribution in [1.82, 2.24) is 0 Å². The Morgan fingerprint density at radius 1 is 1.00 bits per heavy atom. The summed E-state index contributed by atoms with van der Waals surface area (Å²) in [4.78, 5) is 11.6. The smallest absolute Gasteiger partial charge is 0.411 e. The second kappa shape index (κ2) is 6.92. The number of benzene rings is 2. The molecule has 0 radical (unpaired) electrons. The molecule has 0 aliphatic carbocycles. The molecule has 0 fully saturated rings. The van der Waals surface area contributed by atoms with Crippen molar-refractivity contribution in [1.29, 1.82) is 0 Å². The second-order valence-corrected chi connectivity index (χ2v) is 5.71. The van der Waals surface area contributed by atoms with Crippen molar-refractivity contribution in [3.63, 3.8) is 0 Å². The van der Waals surface area contributed by atoms with Gasteiger partial charge in [0, 0.05) is 11.4 Å². The van der Waals surface area contributed by atoms with Crippen LogP contribution in [-0.2, 0) is 21.6 Å². The second-order valence-electron chi connectivity index (χ2n) is 4.41. The van der Waals surface area contributed by atoms with Crippen LogP contribution in [0.2, 0.25) is 0 Å². The fraction of sp³-hybridized carbons (Fsp3) is 0.0714. The van der Waals surface area contributed by atoms with Crippen molar-refractivity contribution in [2.45, 2.75) is 6.61 Å². The van der Waals surface area contributed by atoms with Crippen molar-refractivity contribution in [3.8, 4) is 0 Å². The number of nitrogens with two attached hydrogens (primary N) is 1. The van der Waals surface area contributed by atoms with E-state index >= 15 is 0 Å². The summed E-state index contributed by atoms with van der Waals surface area (Å²) in [6.45, 7) is 0.164. The Morgan fingerprint density at radius 3 is 2.18 bits per heavy atom. The minimum atomic E-state index is -3.81. The molecule has 0 saturated carbocycles. The molecule has 0 aromatic heterocycles. The third-order valence-corrected chi connectivity index (χ3v) is 3.12. The predicted molar refractivity (Wildman–Crippen MR) is 83.4 cm³/mol. The third kappa shape index (κ3) is 5.43. The molecule has 7 nitrogen and oxygen atoms in total. The lowest BCUT2D eigenvalue weighted by Crippen LogP contribution is -2.21. The number of anilines is 2. The topological polar surface area (TPSA) is 111 Å². The molecule has 0 spiro atoms. The van der Waals surface area contributed by atoms with Crippen LogP contribution in [0.15, 0.2) is 54.6 Å². The highest BCUT2D eigenvalue weighted by molar-refractivity contribution is 7.90. The Bertz CT molecular complexity index is 730. The number of amides is 1. The highest BCUT2D eigenvalue weighted by atomic mass is 32.2. The molecule has 0 bridgehead atoms. The molecule has 22 heavy (non-hydrogen) atoms. The summed E-state index contributed by atoms with van der Waals surface area (Å²) in [5, 5.41) is 7.39. The summed E-state index contributed by atoms with van der Waals surface area (Å²) in [6.07, 6.45) is -0.601. The predicted octanol–water partition coefficient (Wildman–Crippen LogP) is 2.05. The van der Waals surface area contributed by atoms with E-state index in [1.807, 2.05) is 30.3 Å². The summed E-state index contributed by atoms with van der Waals surface area (Å²) in [5.74, 6) is 0. The molecule has 2 aromatic rings. The lowest BCUT2D eigenvalue weighted by Gasteiger charge is -2.08. The zero-order valence-electron chi connectivity index (χ0n) is 11.5. The number of carbonyl (C=O) groups is 1. The Kier molecular flexibility index (Phi) is 4.97. The fourth-order valence-electron chi connectivity index (χ4n) is 1.66. The van der Waals surface area contributed by atoms with E-state index < -0.39 is 16.3 Å². The van der Waals surface area contributed by atoms with Crippen LogP contribution >= 0.6 is 0 Å². The molecule has 0 atom stereocenters. The van der Waals surface area contributed by atoms with Crippen molar-refractivity contribution >= 4 is 27.7 Å². The maximum absolute atomic E-state index is 11.6. The molecule has 0 heterocycles. The van der Waals surface area contributed by atoms with Crippen molar-refractivity contribution < 1.29 is 17.9 Å². The Hall–Kier alpha value is -2.58. The molecule has 0 saturated heterocycles. The van der Waals surface area contributed by atoms with Crippen molar-refractivity contribution in [2.24, 2.45) is 5.14 Å². The average Bonchev–Trinajstić information content (AvgIpc) is 2.47. The normalized spacial score (nSPS) is 10.8. The van der Waals surface area contributed by atoms with E-state index in [1.165, 1.54) is 24.3 Å². The van der Waals surface area contributed by atoms with Gasteiger partial charge in [-0.2, -0.15) is 8.42 Å². The van der Waals surface area contributed by atoms with Gasteiger partial charge in [0.05, 0.1) is 0 Å². The van der Waals surface area contributed by atoms with E-state index in [9.17, 15) is 13.2 Å². The van der Waals surface area contributed by atoms with Gasteiger partial charge in [0.25, 0.3) is 10.2 Å². The van der Waals surface area contributed by atoms with Gasteiger partial charge in [0.1, 0.15) is 6.61 Å². The summed E-state index contributed by atoms with van der Waals surface area (Å²) in [6, 6.07) is 15.3. The molecular formula is C14H15N3O4S. The number of hydrogen-bond acceptors (Lipinski definition) is 4. The van der Waals surface area contributed by atoms with Gasteiger partial charge in [-0.25, -0.2) is 9.93 Å². The first kappa shape index (κ1) is 15.8. The number of rotatable bonds is 5. The van der Waals surface area contributed by atoms with E-state index in [0.717, 1.165) is 5.56 Å². The van der Waals surface area contributed by atoms with Crippen LogP contribution in [0.5, 0.6) is 0 Å². The maximum Gasteiger partial charge on any atom is 0.411 e. The van der Waals surface area contributed by atoms with Gasteiger partial charge in [0.2, 0.25) is 0 Å². The van der Waals surface area contributed by atoms with Crippen LogP contribution in [-0.4, -0.2) is 14.5 Å². The summed E-state index contributed by atoms with van der Waals surface area (Å²) in [7, 11) is -3.81. The van der Waals surface area contributed by atoms with Crippen molar-refractivity contribution in [2.75, 3.05) is 10.0 Å². The van der Waals surface area contributed by atoms with Gasteiger partial charge >= 0.3 is 6.09 Å². The minimum Gasteiger partial charge on any atom is -0.444 e. The number of carbonyl (C=O) groups excluding carboxylic acids is 1. The van der Waals surface area contributed by atoms with E-state index in [2.05, 4.69) is 10.0 Å². The SMILES string of the molecule is NS(=O)(=O)Nc1ccc(NC(=O)OCc2ccccc2)cc1. The molecule has 2 aromatic carbocycles. The van der Waals surface area contributed by atoms with Gasteiger partial charge in [-0.1, -0.05) is 30.3 Å². The van der Waals surface area contributed by atoms with E-state index in [0.29, 0.717) is 11.4 Å². The standard InChI is InChI=1S/C14H15N3O4S/c15-22(19,20)17-13-8-6-12(7-9-13)16-14(18)21-10-11-4-2-1-3-5-11/h1-9,17H,10H2,(H,16,18)(H2,15,19,20). The number of nitrogens with one attached hydrogen (secondary N) is 2. The molecule has 0 aliphatic rings. The van der Waals surface area contributed by atoms with Crippen LogP contribution < -0.4 is 15.2 Å². The summed E-state index contributed by atoms with van der Waals surface area (Å²) in [5.41, 5.74) is 1.65. The van der Waals surface area contributed by atoms with Gasteiger partial charge < -0.3 is 4.74 Å². The number of ether oxygens (including phenoxy) is 1. The Morgan fingerprint density at radius 2 is 1.59 bits per heavy atom. The van der Waals surface area contributed by atoms with Gasteiger partial charge in [-0.05, 0) is 29.8 Å². The molecule has 116 valence electrons. The van der Waals surface area contributed by atoms with Crippen LogP contribution in [0.1, 0.15) is 5.56 Å². The quantitative estimate of drug-likeness (QED) is 0.782. The lowest BCUT2D eigenvalue weighted by molar-refractivity contribution is 0.155. The molecule has 2 rings (SSSR count). The van der Waals surface area contributed by atoms with Crippen LogP contribution in [0.4, 0.5) is 16.2 Å². The summed E-state index contributed by atoms with van der Waals surface area (Å²) < 4.78 is 28.9. The summed E-state index contributed by atoms with van der Waals surface area (Å²) >= 11 is 0. The zero-order chi connectivity index (χ0) is 16.0. The zero-order valence-corrected chi connectivity index (χ0v) is 12.3. The fourth-order valence-corrected chi connectivity index (χ4v) is 2.13. The molecule has 0 unspecified atom stereocenters. The first-order chi connectivity index (χ1) is 10.4. The van der Waals surface area contributed by atoms with Crippen LogP contribution in [0, 0.1) is 0 Å². The molecular weight excluding hydrogens is 306 g/mol. The van der Waals surface area contributed by atoms with E-state index in [4.69, 9.17) is 9.88 Å². The molecule has 8 heteroatoms. The van der Waals surface area contributed by atoms with E-state index in [-0.39, 0.29) is 6.61 Å². The van der Waals surface area contributed by atoms with Crippen LogP contribution in [0.3, 0.4) is 0 Å². The molecule has 0 aliphatic heterocycles. The first-order valence-electron chi connectivity index (χ1n) is 6.31.